The number of thiophene rings is 1. The topological polar surface area (TPSA) is 49.3 Å². The molecule has 1 aliphatic carbocycles. The van der Waals surface area contributed by atoms with Crippen molar-refractivity contribution in [2.24, 2.45) is 5.92 Å². The van der Waals surface area contributed by atoms with Gasteiger partial charge in [-0.25, -0.2) is 4.79 Å². The van der Waals surface area contributed by atoms with Crippen molar-refractivity contribution < 1.29 is 9.90 Å². The number of rotatable bonds is 5. The zero-order valence-electron chi connectivity index (χ0n) is 12.4. The third kappa shape index (κ3) is 4.06. The Bertz CT molecular complexity index is 447. The molecule has 2 N–H and O–H groups in total. The second-order valence-electron chi connectivity index (χ2n) is 5.92. The van der Waals surface area contributed by atoms with Crippen LogP contribution >= 0.6 is 11.3 Å². The molecule has 1 atom stereocenters. The van der Waals surface area contributed by atoms with Gasteiger partial charge in [0.1, 0.15) is 4.88 Å². The molecule has 1 aromatic heterocycles. The maximum absolute atomic E-state index is 11.0. The molecule has 1 fully saturated rings. The van der Waals surface area contributed by atoms with Gasteiger partial charge >= 0.3 is 5.97 Å². The predicted molar refractivity (Wildman–Crippen MR) is 83.5 cm³/mol. The van der Waals surface area contributed by atoms with Crippen LogP contribution < -0.4 is 5.32 Å². The average Bonchev–Trinajstić information content (AvgIpc) is 2.64. The quantitative estimate of drug-likeness (QED) is 0.800. The van der Waals surface area contributed by atoms with Crippen LogP contribution in [0.15, 0.2) is 6.07 Å². The molecular formula is C16H25NO2S. The van der Waals surface area contributed by atoms with E-state index in [0.29, 0.717) is 10.9 Å². The zero-order valence-corrected chi connectivity index (χ0v) is 13.3. The fourth-order valence-corrected chi connectivity index (χ4v) is 3.93. The van der Waals surface area contributed by atoms with Crippen LogP contribution in [0.5, 0.6) is 0 Å². The Morgan fingerprint density at radius 1 is 1.40 bits per heavy atom. The van der Waals surface area contributed by atoms with Crippen LogP contribution in [0.25, 0.3) is 0 Å². The van der Waals surface area contributed by atoms with Crippen LogP contribution in [0.1, 0.15) is 65.6 Å². The maximum Gasteiger partial charge on any atom is 0.345 e. The van der Waals surface area contributed by atoms with Crippen molar-refractivity contribution in [3.05, 3.63) is 21.4 Å². The van der Waals surface area contributed by atoms with E-state index >= 15 is 0 Å². The van der Waals surface area contributed by atoms with Gasteiger partial charge in [-0.1, -0.05) is 25.7 Å². The van der Waals surface area contributed by atoms with Crippen molar-refractivity contribution in [3.63, 3.8) is 0 Å². The van der Waals surface area contributed by atoms with Gasteiger partial charge in [0, 0.05) is 17.5 Å². The minimum atomic E-state index is -0.818. The van der Waals surface area contributed by atoms with Crippen molar-refractivity contribution >= 4 is 17.3 Å². The average molecular weight is 295 g/mol. The molecule has 0 aliphatic heterocycles. The minimum Gasteiger partial charge on any atom is -0.477 e. The summed E-state index contributed by atoms with van der Waals surface area (Å²) in [6, 6.07) is 2.33. The molecule has 0 radical (unpaired) electrons. The summed E-state index contributed by atoms with van der Waals surface area (Å²) in [6.45, 7) is 5.06. The van der Waals surface area contributed by atoms with Gasteiger partial charge in [-0.05, 0) is 44.2 Å². The van der Waals surface area contributed by atoms with Crippen LogP contribution in [0, 0.1) is 12.8 Å². The highest BCUT2D eigenvalue weighted by molar-refractivity contribution is 7.14. The molecule has 0 aromatic carbocycles. The number of hydrogen-bond acceptors (Lipinski definition) is 3. The molecule has 0 unspecified atom stereocenters. The largest absolute Gasteiger partial charge is 0.477 e. The normalized spacial score (nSPS) is 18.7. The lowest BCUT2D eigenvalue weighted by molar-refractivity contribution is 0.0702. The zero-order chi connectivity index (χ0) is 14.5. The van der Waals surface area contributed by atoms with Gasteiger partial charge in [-0.15, -0.1) is 11.3 Å². The van der Waals surface area contributed by atoms with Gasteiger partial charge in [-0.3, -0.25) is 0 Å². The van der Waals surface area contributed by atoms with E-state index in [1.165, 1.54) is 49.9 Å². The molecule has 3 nitrogen and oxygen atoms in total. The molecule has 20 heavy (non-hydrogen) atoms. The lowest BCUT2D eigenvalue weighted by atomic mass is 9.93. The Kier molecular flexibility index (Phi) is 5.61. The monoisotopic (exact) mass is 295 g/mol. The second kappa shape index (κ2) is 7.23. The van der Waals surface area contributed by atoms with Crippen LogP contribution in [0.4, 0.5) is 0 Å². The number of nitrogens with one attached hydrogen (secondary N) is 1. The lowest BCUT2D eigenvalue weighted by Crippen LogP contribution is -2.33. The van der Waals surface area contributed by atoms with Crippen LogP contribution in [-0.4, -0.2) is 17.1 Å². The van der Waals surface area contributed by atoms with E-state index in [0.717, 1.165) is 22.9 Å². The molecule has 1 aliphatic rings. The summed E-state index contributed by atoms with van der Waals surface area (Å²) in [7, 11) is 0. The van der Waals surface area contributed by atoms with Crippen LogP contribution in [-0.2, 0) is 6.54 Å². The van der Waals surface area contributed by atoms with Gasteiger partial charge in [0.2, 0.25) is 0 Å². The highest BCUT2D eigenvalue weighted by Crippen LogP contribution is 2.26. The van der Waals surface area contributed by atoms with E-state index in [9.17, 15) is 4.79 Å². The van der Waals surface area contributed by atoms with Crippen LogP contribution in [0.3, 0.4) is 0 Å². The third-order valence-corrected chi connectivity index (χ3v) is 5.53. The van der Waals surface area contributed by atoms with E-state index in [1.807, 2.05) is 13.0 Å². The van der Waals surface area contributed by atoms with E-state index in [-0.39, 0.29) is 0 Å². The number of carboxylic acid groups (broad SMARTS) is 1. The van der Waals surface area contributed by atoms with E-state index < -0.39 is 5.97 Å². The number of aromatic carboxylic acids is 1. The third-order valence-electron chi connectivity index (χ3n) is 4.45. The molecule has 2 rings (SSSR count). The molecule has 0 spiro atoms. The number of carboxylic acids is 1. The Morgan fingerprint density at radius 3 is 2.60 bits per heavy atom. The number of carbonyl (C=O) groups is 1. The van der Waals surface area contributed by atoms with Crippen molar-refractivity contribution in [1.29, 1.82) is 0 Å². The Labute approximate surface area is 125 Å². The summed E-state index contributed by atoms with van der Waals surface area (Å²) >= 11 is 1.37. The first kappa shape index (κ1) is 15.5. The van der Waals surface area contributed by atoms with Gasteiger partial charge in [-0.2, -0.15) is 0 Å². The molecule has 112 valence electrons. The van der Waals surface area contributed by atoms with Gasteiger partial charge < -0.3 is 10.4 Å². The highest BCUT2D eigenvalue weighted by Gasteiger charge is 2.19. The van der Waals surface area contributed by atoms with E-state index in [4.69, 9.17) is 5.11 Å². The molecule has 0 bridgehead atoms. The van der Waals surface area contributed by atoms with Crippen LogP contribution in [0.2, 0.25) is 0 Å². The summed E-state index contributed by atoms with van der Waals surface area (Å²) in [6.07, 6.45) is 8.15. The standard InChI is InChI=1S/C16H25NO2S/c1-11(13-7-5-3-4-6-8-13)17-10-14-9-15(16(18)19)20-12(14)2/h9,11,13,17H,3-8,10H2,1-2H3,(H,18,19)/t11-/m1/s1. The molecule has 4 heteroatoms. The smallest absolute Gasteiger partial charge is 0.345 e. The summed E-state index contributed by atoms with van der Waals surface area (Å²) in [5, 5.41) is 12.6. The van der Waals surface area contributed by atoms with E-state index in [1.54, 1.807) is 0 Å². The van der Waals surface area contributed by atoms with Crippen molar-refractivity contribution in [3.8, 4) is 0 Å². The first-order valence-electron chi connectivity index (χ1n) is 7.64. The Morgan fingerprint density at radius 2 is 2.05 bits per heavy atom. The second-order valence-corrected chi connectivity index (χ2v) is 7.17. The Balaban J connectivity index is 1.89. The SMILES string of the molecule is Cc1sc(C(=O)O)cc1CN[C@H](C)C1CCCCCC1. The molecule has 1 saturated carbocycles. The fourth-order valence-electron chi connectivity index (χ4n) is 3.05. The van der Waals surface area contributed by atoms with Crippen molar-refractivity contribution in [2.45, 2.75) is 65.0 Å². The number of aryl methyl sites for hydroxylation is 1. The maximum atomic E-state index is 11.0. The van der Waals surface area contributed by atoms with Crippen molar-refractivity contribution in [1.82, 2.24) is 5.32 Å². The molecular weight excluding hydrogens is 270 g/mol. The number of hydrogen-bond donors (Lipinski definition) is 2. The molecule has 0 amide bonds. The van der Waals surface area contributed by atoms with Gasteiger partial charge in [0.05, 0.1) is 0 Å². The minimum absolute atomic E-state index is 0.446. The van der Waals surface area contributed by atoms with Gasteiger partial charge in [0.25, 0.3) is 0 Å². The summed E-state index contributed by atoms with van der Waals surface area (Å²) in [5.41, 5.74) is 1.13. The van der Waals surface area contributed by atoms with Gasteiger partial charge in [0.15, 0.2) is 0 Å². The van der Waals surface area contributed by atoms with Crippen molar-refractivity contribution in [2.75, 3.05) is 0 Å². The first-order chi connectivity index (χ1) is 9.58. The molecule has 1 heterocycles. The fraction of sp³-hybridized carbons (Fsp3) is 0.688. The lowest BCUT2D eigenvalue weighted by Gasteiger charge is -2.23. The predicted octanol–water partition coefficient (Wildman–Crippen LogP) is 4.20. The Hall–Kier alpha value is -0.870. The van der Waals surface area contributed by atoms with E-state index in [2.05, 4.69) is 12.2 Å². The summed E-state index contributed by atoms with van der Waals surface area (Å²) in [5.74, 6) is -0.0449. The molecule has 0 saturated heterocycles. The summed E-state index contributed by atoms with van der Waals surface area (Å²) < 4.78 is 0. The highest BCUT2D eigenvalue weighted by atomic mass is 32.1. The molecule has 1 aromatic rings. The summed E-state index contributed by atoms with van der Waals surface area (Å²) in [4.78, 5) is 12.5. The first-order valence-corrected chi connectivity index (χ1v) is 8.45.